The smallest absolute Gasteiger partial charge is 0.410 e. The molecule has 5 heteroatoms. The number of hydrogen-bond acceptors (Lipinski definition) is 3. The van der Waals surface area contributed by atoms with Gasteiger partial charge in [0.05, 0.1) is 6.61 Å². The second-order valence-electron chi connectivity index (χ2n) is 7.04. The summed E-state index contributed by atoms with van der Waals surface area (Å²) >= 11 is 3.64. The highest BCUT2D eigenvalue weighted by Gasteiger charge is 2.41. The van der Waals surface area contributed by atoms with Crippen LogP contribution in [-0.2, 0) is 4.74 Å². The quantitative estimate of drug-likeness (QED) is 0.690. The van der Waals surface area contributed by atoms with Gasteiger partial charge < -0.3 is 14.4 Å². The summed E-state index contributed by atoms with van der Waals surface area (Å²) in [5.41, 5.74) is 0.736. The Hall–Kier alpha value is -1.23. The third-order valence-corrected chi connectivity index (χ3v) is 4.91. The largest absolute Gasteiger partial charge is 0.493 e. The number of rotatable bonds is 0. The number of hydrogen-bond donors (Lipinski definition) is 0. The van der Waals surface area contributed by atoms with Gasteiger partial charge in [0.1, 0.15) is 11.4 Å². The van der Waals surface area contributed by atoms with Gasteiger partial charge in [-0.25, -0.2) is 4.79 Å². The summed E-state index contributed by atoms with van der Waals surface area (Å²) in [6.07, 6.45) is 0.751. The molecule has 120 valence electrons. The molecule has 1 amide bonds. The average molecular weight is 368 g/mol. The molecule has 0 bridgehead atoms. The first-order valence-corrected chi connectivity index (χ1v) is 8.53. The highest BCUT2D eigenvalue weighted by Crippen LogP contribution is 2.44. The zero-order valence-electron chi connectivity index (χ0n) is 13.3. The van der Waals surface area contributed by atoms with E-state index in [0.29, 0.717) is 25.0 Å². The fourth-order valence-electron chi connectivity index (χ4n) is 3.29. The normalized spacial score (nSPS) is 24.1. The van der Waals surface area contributed by atoms with Gasteiger partial charge >= 0.3 is 6.09 Å². The first-order valence-electron chi connectivity index (χ1n) is 7.74. The standard InChI is InChI=1S/C17H22BrNO3/c1-17(2,3)22-16(20)19-9-11-7-8-21-14-6-4-5-13(18)15(14)12(11)10-19/h4-6,11-12H,7-10H2,1-3H3/t11-,12-/m0/s1. The van der Waals surface area contributed by atoms with Crippen molar-refractivity contribution in [2.45, 2.75) is 38.7 Å². The molecule has 1 aromatic carbocycles. The van der Waals surface area contributed by atoms with E-state index in [0.717, 1.165) is 23.2 Å². The number of fused-ring (bicyclic) bond motifs is 3. The van der Waals surface area contributed by atoms with Crippen LogP contribution in [0, 0.1) is 5.92 Å². The summed E-state index contributed by atoms with van der Waals surface area (Å²) in [7, 11) is 0. The van der Waals surface area contributed by atoms with Crippen LogP contribution in [-0.4, -0.2) is 36.3 Å². The second-order valence-corrected chi connectivity index (χ2v) is 7.90. The molecular formula is C17H22BrNO3. The van der Waals surface area contributed by atoms with Gasteiger partial charge in [0.2, 0.25) is 0 Å². The van der Waals surface area contributed by atoms with Crippen LogP contribution in [0.3, 0.4) is 0 Å². The molecule has 0 unspecified atom stereocenters. The van der Waals surface area contributed by atoms with E-state index in [1.165, 1.54) is 5.56 Å². The number of benzene rings is 1. The van der Waals surface area contributed by atoms with Crippen LogP contribution in [0.5, 0.6) is 5.75 Å². The van der Waals surface area contributed by atoms with Crippen LogP contribution in [0.2, 0.25) is 0 Å². The number of likely N-dealkylation sites (tertiary alicyclic amines) is 1. The third kappa shape index (κ3) is 3.09. The Balaban J connectivity index is 1.84. The highest BCUT2D eigenvalue weighted by molar-refractivity contribution is 9.10. The number of ether oxygens (including phenoxy) is 2. The molecule has 0 spiro atoms. The van der Waals surface area contributed by atoms with Crippen LogP contribution in [0.15, 0.2) is 22.7 Å². The van der Waals surface area contributed by atoms with Crippen molar-refractivity contribution in [3.05, 3.63) is 28.2 Å². The Kier molecular flexibility index (Phi) is 4.10. The maximum absolute atomic E-state index is 12.3. The van der Waals surface area contributed by atoms with Gasteiger partial charge in [0, 0.05) is 29.0 Å². The summed E-state index contributed by atoms with van der Waals surface area (Å²) in [5, 5.41) is 0. The monoisotopic (exact) mass is 367 g/mol. The van der Waals surface area contributed by atoms with Crippen molar-refractivity contribution < 1.29 is 14.3 Å². The molecule has 1 aromatic rings. The zero-order chi connectivity index (χ0) is 15.9. The zero-order valence-corrected chi connectivity index (χ0v) is 14.9. The van der Waals surface area contributed by atoms with E-state index in [2.05, 4.69) is 15.9 Å². The van der Waals surface area contributed by atoms with Crippen LogP contribution < -0.4 is 4.74 Å². The number of halogens is 1. The fraction of sp³-hybridized carbons (Fsp3) is 0.588. The number of amides is 1. The van der Waals surface area contributed by atoms with Gasteiger partial charge in [-0.05, 0) is 45.2 Å². The molecule has 0 N–H and O–H groups in total. The maximum atomic E-state index is 12.3. The molecule has 1 fully saturated rings. The average Bonchev–Trinajstić information content (AvgIpc) is 2.73. The summed E-state index contributed by atoms with van der Waals surface area (Å²) < 4.78 is 12.5. The van der Waals surface area contributed by atoms with E-state index in [9.17, 15) is 4.79 Å². The van der Waals surface area contributed by atoms with Gasteiger partial charge in [-0.15, -0.1) is 0 Å². The number of carbonyl (C=O) groups excluding carboxylic acids is 1. The maximum Gasteiger partial charge on any atom is 0.410 e. The van der Waals surface area contributed by atoms with Crippen LogP contribution >= 0.6 is 15.9 Å². The summed E-state index contributed by atoms with van der Waals surface area (Å²) in [5.74, 6) is 1.67. The van der Waals surface area contributed by atoms with Gasteiger partial charge in [-0.1, -0.05) is 22.0 Å². The van der Waals surface area contributed by atoms with E-state index in [1.54, 1.807) is 0 Å². The van der Waals surface area contributed by atoms with Gasteiger partial charge in [0.25, 0.3) is 0 Å². The van der Waals surface area contributed by atoms with Crippen molar-refractivity contribution in [2.24, 2.45) is 5.92 Å². The summed E-state index contributed by atoms with van der Waals surface area (Å²) in [4.78, 5) is 14.2. The molecule has 2 aliphatic heterocycles. The topological polar surface area (TPSA) is 38.8 Å². The Morgan fingerprint density at radius 1 is 1.36 bits per heavy atom. The van der Waals surface area contributed by atoms with E-state index in [-0.39, 0.29) is 6.09 Å². The van der Waals surface area contributed by atoms with Crippen molar-refractivity contribution in [1.82, 2.24) is 4.90 Å². The van der Waals surface area contributed by atoms with Crippen LogP contribution in [0.4, 0.5) is 4.79 Å². The predicted octanol–water partition coefficient (Wildman–Crippen LogP) is 4.18. The Morgan fingerprint density at radius 3 is 2.86 bits per heavy atom. The van der Waals surface area contributed by atoms with Crippen molar-refractivity contribution in [2.75, 3.05) is 19.7 Å². The molecule has 4 nitrogen and oxygen atoms in total. The molecular weight excluding hydrogens is 346 g/mol. The molecule has 0 radical (unpaired) electrons. The minimum Gasteiger partial charge on any atom is -0.493 e. The molecule has 1 saturated heterocycles. The van der Waals surface area contributed by atoms with E-state index in [4.69, 9.17) is 9.47 Å². The molecule has 0 aliphatic carbocycles. The molecule has 3 rings (SSSR count). The van der Waals surface area contributed by atoms with E-state index < -0.39 is 5.60 Å². The number of nitrogens with zero attached hydrogens (tertiary/aromatic N) is 1. The minimum absolute atomic E-state index is 0.213. The van der Waals surface area contributed by atoms with Crippen molar-refractivity contribution in [1.29, 1.82) is 0 Å². The van der Waals surface area contributed by atoms with E-state index in [1.807, 2.05) is 43.9 Å². The molecule has 0 aromatic heterocycles. The van der Waals surface area contributed by atoms with Gasteiger partial charge in [-0.3, -0.25) is 0 Å². The Morgan fingerprint density at radius 2 is 2.14 bits per heavy atom. The van der Waals surface area contributed by atoms with Gasteiger partial charge in [0.15, 0.2) is 0 Å². The third-order valence-electron chi connectivity index (χ3n) is 4.22. The van der Waals surface area contributed by atoms with E-state index >= 15 is 0 Å². The Labute approximate surface area is 139 Å². The van der Waals surface area contributed by atoms with Crippen LogP contribution in [0.25, 0.3) is 0 Å². The first-order chi connectivity index (χ1) is 10.3. The Bertz CT molecular complexity index is 582. The molecule has 2 aliphatic rings. The predicted molar refractivity (Wildman–Crippen MR) is 88.3 cm³/mol. The lowest BCUT2D eigenvalue weighted by atomic mass is 9.87. The lowest BCUT2D eigenvalue weighted by Gasteiger charge is -2.24. The van der Waals surface area contributed by atoms with Crippen molar-refractivity contribution >= 4 is 22.0 Å². The lowest BCUT2D eigenvalue weighted by Crippen LogP contribution is -2.35. The highest BCUT2D eigenvalue weighted by atomic mass is 79.9. The van der Waals surface area contributed by atoms with Gasteiger partial charge in [-0.2, -0.15) is 0 Å². The summed E-state index contributed by atoms with van der Waals surface area (Å²) in [6, 6.07) is 6.04. The first kappa shape index (κ1) is 15.7. The SMILES string of the molecule is CC(C)(C)OC(=O)N1C[C@@H]2CCOc3cccc(Br)c3[C@H]2C1. The van der Waals surface area contributed by atoms with Crippen molar-refractivity contribution in [3.63, 3.8) is 0 Å². The molecule has 0 saturated carbocycles. The molecule has 2 atom stereocenters. The number of carbonyl (C=O) groups is 1. The minimum atomic E-state index is -0.455. The fourth-order valence-corrected chi connectivity index (χ4v) is 3.93. The van der Waals surface area contributed by atoms with Crippen molar-refractivity contribution in [3.8, 4) is 5.75 Å². The molecule has 22 heavy (non-hydrogen) atoms. The molecule has 2 heterocycles. The summed E-state index contributed by atoms with van der Waals surface area (Å²) in [6.45, 7) is 7.84. The lowest BCUT2D eigenvalue weighted by molar-refractivity contribution is 0.0284. The van der Waals surface area contributed by atoms with Crippen LogP contribution in [0.1, 0.15) is 38.7 Å². The second kappa shape index (κ2) is 5.76.